The number of aryl methyl sites for hydroxylation is 2. The summed E-state index contributed by atoms with van der Waals surface area (Å²) in [6.45, 7) is 4.66. The van der Waals surface area contributed by atoms with Gasteiger partial charge in [0.15, 0.2) is 23.0 Å². The lowest BCUT2D eigenvalue weighted by atomic mass is 10.1. The lowest BCUT2D eigenvalue weighted by Crippen LogP contribution is -2.36. The van der Waals surface area contributed by atoms with Crippen molar-refractivity contribution in [1.29, 1.82) is 0 Å². The lowest BCUT2D eigenvalue weighted by molar-refractivity contribution is -0.132. The van der Waals surface area contributed by atoms with Crippen molar-refractivity contribution < 1.29 is 28.5 Å². The zero-order chi connectivity index (χ0) is 33.9. The standard InChI is InChI=1S/C36H58N4O6/c1-37(2)21-11-25-39(35(41)19-15-29-13-17-31(43-5)33(27-29)45-7)23-9-10-24-40(26-12-22-38(3)4)36(42)20-16-30-14-18-32(44-6)34(28-30)46-8/h13-14,17-18,27-28H,9-12,15-16,19-26H2,1-8H3. The first-order chi connectivity index (χ1) is 22.1. The first-order valence-corrected chi connectivity index (χ1v) is 16.4. The number of methoxy groups -OCH3 is 4. The second-order valence-corrected chi connectivity index (χ2v) is 12.2. The summed E-state index contributed by atoms with van der Waals surface area (Å²) in [6.07, 6.45) is 5.66. The fourth-order valence-electron chi connectivity index (χ4n) is 5.37. The van der Waals surface area contributed by atoms with Gasteiger partial charge < -0.3 is 38.5 Å². The Bertz CT molecular complexity index is 1100. The molecule has 2 rings (SSSR count). The van der Waals surface area contributed by atoms with Gasteiger partial charge in [-0.2, -0.15) is 0 Å². The van der Waals surface area contributed by atoms with Crippen molar-refractivity contribution in [2.45, 2.75) is 51.4 Å². The average molecular weight is 643 g/mol. The molecule has 0 heterocycles. The third-order valence-electron chi connectivity index (χ3n) is 8.03. The number of nitrogens with zero attached hydrogens (tertiary/aromatic N) is 4. The van der Waals surface area contributed by atoms with Crippen LogP contribution in [0.15, 0.2) is 36.4 Å². The highest BCUT2D eigenvalue weighted by Gasteiger charge is 2.17. The van der Waals surface area contributed by atoms with Crippen LogP contribution in [-0.2, 0) is 22.4 Å². The van der Waals surface area contributed by atoms with Crippen LogP contribution in [0, 0.1) is 0 Å². The molecule has 0 aromatic heterocycles. The number of ether oxygens (including phenoxy) is 4. The Morgan fingerprint density at radius 3 is 1.17 bits per heavy atom. The number of amides is 2. The minimum atomic E-state index is 0.155. The maximum atomic E-state index is 13.4. The van der Waals surface area contributed by atoms with E-state index in [1.807, 2.05) is 46.2 Å². The highest BCUT2D eigenvalue weighted by atomic mass is 16.5. The Kier molecular flexibility index (Phi) is 17.9. The van der Waals surface area contributed by atoms with E-state index in [9.17, 15) is 9.59 Å². The minimum absolute atomic E-state index is 0.155. The summed E-state index contributed by atoms with van der Waals surface area (Å²) in [5.41, 5.74) is 2.08. The zero-order valence-electron chi connectivity index (χ0n) is 29.6. The number of hydrogen-bond donors (Lipinski definition) is 0. The van der Waals surface area contributed by atoms with Crippen LogP contribution in [0.5, 0.6) is 23.0 Å². The van der Waals surface area contributed by atoms with Gasteiger partial charge in [0, 0.05) is 39.0 Å². The molecule has 0 spiro atoms. The minimum Gasteiger partial charge on any atom is -0.493 e. The van der Waals surface area contributed by atoms with Crippen LogP contribution in [-0.4, -0.2) is 127 Å². The second kappa shape index (κ2) is 21.3. The molecule has 10 nitrogen and oxygen atoms in total. The molecule has 0 aliphatic heterocycles. The van der Waals surface area contributed by atoms with Crippen molar-refractivity contribution in [3.63, 3.8) is 0 Å². The SMILES string of the molecule is COc1ccc(CCC(=O)N(CCCCN(CCCN(C)C)C(=O)CCc2ccc(OC)c(OC)c2)CCCN(C)C)cc1OC. The number of hydrogen-bond acceptors (Lipinski definition) is 8. The highest BCUT2D eigenvalue weighted by Crippen LogP contribution is 2.29. The molecule has 0 atom stereocenters. The van der Waals surface area contributed by atoms with Gasteiger partial charge in [0.1, 0.15) is 0 Å². The molecule has 46 heavy (non-hydrogen) atoms. The summed E-state index contributed by atoms with van der Waals surface area (Å²) in [5.74, 6) is 3.01. The highest BCUT2D eigenvalue weighted by molar-refractivity contribution is 5.77. The molecule has 2 aromatic rings. The van der Waals surface area contributed by atoms with Crippen LogP contribution >= 0.6 is 0 Å². The van der Waals surface area contributed by atoms with Crippen LogP contribution in [0.1, 0.15) is 49.7 Å². The van der Waals surface area contributed by atoms with Crippen molar-refractivity contribution in [1.82, 2.24) is 19.6 Å². The van der Waals surface area contributed by atoms with E-state index in [0.29, 0.717) is 61.8 Å². The van der Waals surface area contributed by atoms with E-state index in [1.165, 1.54) is 0 Å². The second-order valence-electron chi connectivity index (χ2n) is 12.2. The number of rotatable bonds is 23. The van der Waals surface area contributed by atoms with Crippen LogP contribution in [0.2, 0.25) is 0 Å². The number of carbonyl (C=O) groups is 2. The average Bonchev–Trinajstić information content (AvgIpc) is 3.05. The molecule has 0 aliphatic rings. The molecular weight excluding hydrogens is 584 g/mol. The summed E-state index contributed by atoms with van der Waals surface area (Å²) < 4.78 is 21.6. The van der Waals surface area contributed by atoms with E-state index in [4.69, 9.17) is 18.9 Å². The number of carbonyl (C=O) groups excluding carboxylic acids is 2. The van der Waals surface area contributed by atoms with E-state index in [0.717, 1.165) is 63.0 Å². The normalized spacial score (nSPS) is 11.1. The maximum Gasteiger partial charge on any atom is 0.222 e. The van der Waals surface area contributed by atoms with Gasteiger partial charge in [-0.1, -0.05) is 12.1 Å². The van der Waals surface area contributed by atoms with E-state index < -0.39 is 0 Å². The molecule has 0 unspecified atom stereocenters. The molecule has 2 amide bonds. The zero-order valence-corrected chi connectivity index (χ0v) is 29.6. The molecule has 0 fully saturated rings. The quantitative estimate of drug-likeness (QED) is 0.162. The molecule has 2 aromatic carbocycles. The monoisotopic (exact) mass is 642 g/mol. The summed E-state index contributed by atoms with van der Waals surface area (Å²) in [4.78, 5) is 35.1. The van der Waals surface area contributed by atoms with Gasteiger partial charge in [0.25, 0.3) is 0 Å². The van der Waals surface area contributed by atoms with Gasteiger partial charge in [-0.3, -0.25) is 9.59 Å². The molecular formula is C36H58N4O6. The third kappa shape index (κ3) is 13.9. The first kappa shape index (κ1) is 38.7. The van der Waals surface area contributed by atoms with Gasteiger partial charge in [-0.05, 0) is 115 Å². The molecule has 0 aliphatic carbocycles. The maximum absolute atomic E-state index is 13.4. The van der Waals surface area contributed by atoms with Crippen molar-refractivity contribution >= 4 is 11.8 Å². The third-order valence-corrected chi connectivity index (χ3v) is 8.03. The summed E-state index contributed by atoms with van der Waals surface area (Å²) in [7, 11) is 14.7. The molecule has 10 heteroatoms. The van der Waals surface area contributed by atoms with Crippen molar-refractivity contribution in [2.75, 3.05) is 95.9 Å². The van der Waals surface area contributed by atoms with Crippen LogP contribution in [0.25, 0.3) is 0 Å². The largest absolute Gasteiger partial charge is 0.493 e. The number of benzene rings is 2. The van der Waals surface area contributed by atoms with E-state index in [2.05, 4.69) is 38.0 Å². The summed E-state index contributed by atoms with van der Waals surface area (Å²) >= 11 is 0. The summed E-state index contributed by atoms with van der Waals surface area (Å²) in [5, 5.41) is 0. The fourth-order valence-corrected chi connectivity index (χ4v) is 5.37. The van der Waals surface area contributed by atoms with Crippen molar-refractivity contribution in [2.24, 2.45) is 0 Å². The van der Waals surface area contributed by atoms with Crippen LogP contribution in [0.4, 0.5) is 0 Å². The van der Waals surface area contributed by atoms with Gasteiger partial charge in [0.05, 0.1) is 28.4 Å². The van der Waals surface area contributed by atoms with Gasteiger partial charge in [-0.25, -0.2) is 0 Å². The smallest absolute Gasteiger partial charge is 0.222 e. The van der Waals surface area contributed by atoms with Gasteiger partial charge in [0.2, 0.25) is 11.8 Å². The van der Waals surface area contributed by atoms with Crippen LogP contribution in [0.3, 0.4) is 0 Å². The molecule has 0 saturated carbocycles. The van der Waals surface area contributed by atoms with Crippen molar-refractivity contribution in [3.8, 4) is 23.0 Å². The van der Waals surface area contributed by atoms with E-state index in [1.54, 1.807) is 28.4 Å². The Morgan fingerprint density at radius 2 is 0.848 bits per heavy atom. The van der Waals surface area contributed by atoms with Crippen molar-refractivity contribution in [3.05, 3.63) is 47.5 Å². The Balaban J connectivity index is 1.97. The predicted molar refractivity (Wildman–Crippen MR) is 184 cm³/mol. The van der Waals surface area contributed by atoms with Gasteiger partial charge in [-0.15, -0.1) is 0 Å². The van der Waals surface area contributed by atoms with E-state index >= 15 is 0 Å². The first-order valence-electron chi connectivity index (χ1n) is 16.4. The molecule has 258 valence electrons. The Morgan fingerprint density at radius 1 is 0.500 bits per heavy atom. The predicted octanol–water partition coefficient (Wildman–Crippen LogP) is 4.63. The van der Waals surface area contributed by atoms with Gasteiger partial charge >= 0.3 is 0 Å². The lowest BCUT2D eigenvalue weighted by Gasteiger charge is -2.26. The Labute approximate surface area is 277 Å². The fraction of sp³-hybridized carbons (Fsp3) is 0.611. The van der Waals surface area contributed by atoms with E-state index in [-0.39, 0.29) is 11.8 Å². The topological polar surface area (TPSA) is 84.0 Å². The molecule has 0 N–H and O–H groups in total. The number of unbranched alkanes of at least 4 members (excludes halogenated alkanes) is 1. The Hall–Kier alpha value is -3.50. The molecule has 0 saturated heterocycles. The summed E-state index contributed by atoms with van der Waals surface area (Å²) in [6, 6.07) is 11.6. The molecule has 0 bridgehead atoms. The molecule has 0 radical (unpaired) electrons. The van der Waals surface area contributed by atoms with Crippen LogP contribution < -0.4 is 18.9 Å².